The molecule has 1 saturated heterocycles. The molecule has 1 aliphatic carbocycles. The number of rotatable bonds is 3. The molecule has 1 aliphatic heterocycles. The first kappa shape index (κ1) is 16.7. The lowest BCUT2D eigenvalue weighted by atomic mass is 9.76. The lowest BCUT2D eigenvalue weighted by Crippen LogP contribution is -2.46. The summed E-state index contributed by atoms with van der Waals surface area (Å²) < 4.78 is 5.54. The molecule has 6 heteroatoms. The van der Waals surface area contributed by atoms with E-state index in [2.05, 4.69) is 10.3 Å². The predicted molar refractivity (Wildman–Crippen MR) is 102 cm³/mol. The Morgan fingerprint density at radius 1 is 1.07 bits per heavy atom. The molecule has 0 bridgehead atoms. The molecule has 2 aromatic carbocycles. The average molecular weight is 373 g/mol. The van der Waals surface area contributed by atoms with Crippen molar-refractivity contribution in [3.63, 3.8) is 0 Å². The summed E-state index contributed by atoms with van der Waals surface area (Å²) in [5, 5.41) is 2.96. The number of amides is 3. The van der Waals surface area contributed by atoms with Crippen LogP contribution in [0.4, 0.5) is 4.79 Å². The lowest BCUT2D eigenvalue weighted by Gasteiger charge is -2.33. The number of hydrogen-bond donors (Lipinski definition) is 1. The maximum atomic E-state index is 13.3. The van der Waals surface area contributed by atoms with Crippen LogP contribution in [0.3, 0.4) is 0 Å². The fourth-order valence-corrected chi connectivity index (χ4v) is 4.21. The van der Waals surface area contributed by atoms with Crippen molar-refractivity contribution in [3.8, 4) is 11.5 Å². The molecule has 3 amide bonds. The summed E-state index contributed by atoms with van der Waals surface area (Å²) in [6, 6.07) is 17.0. The molecule has 0 saturated carbocycles. The fraction of sp³-hybridized carbons (Fsp3) is 0.227. The standard InChI is InChI=1S/C22H19N3O3/c26-20-22(12-6-10-15-7-4-5-11-18(15)22)24-21(27)25(20)13-17-14-28-19(23-17)16-8-2-1-3-9-16/h1-5,7-9,11,14H,6,10,12-13H2,(H,24,27). The number of benzene rings is 2. The Morgan fingerprint density at radius 2 is 1.86 bits per heavy atom. The van der Waals surface area contributed by atoms with Gasteiger partial charge in [-0.1, -0.05) is 42.5 Å². The number of oxazole rings is 1. The van der Waals surface area contributed by atoms with Gasteiger partial charge in [0.25, 0.3) is 5.91 Å². The van der Waals surface area contributed by atoms with Crippen molar-refractivity contribution in [2.24, 2.45) is 0 Å². The highest BCUT2D eigenvalue weighted by Gasteiger charge is 2.53. The van der Waals surface area contributed by atoms with Crippen LogP contribution in [-0.2, 0) is 23.3 Å². The quantitative estimate of drug-likeness (QED) is 0.712. The van der Waals surface area contributed by atoms with Crippen molar-refractivity contribution in [3.05, 3.63) is 77.7 Å². The zero-order valence-electron chi connectivity index (χ0n) is 15.2. The Labute approximate surface area is 162 Å². The highest BCUT2D eigenvalue weighted by atomic mass is 16.3. The normalized spacial score (nSPS) is 21.1. The van der Waals surface area contributed by atoms with Crippen LogP contribution in [-0.4, -0.2) is 21.8 Å². The lowest BCUT2D eigenvalue weighted by molar-refractivity contribution is -0.132. The monoisotopic (exact) mass is 373 g/mol. The molecule has 28 heavy (non-hydrogen) atoms. The number of aryl methyl sites for hydroxylation is 1. The average Bonchev–Trinajstić information content (AvgIpc) is 3.29. The maximum absolute atomic E-state index is 13.3. The third kappa shape index (κ3) is 2.52. The number of urea groups is 1. The van der Waals surface area contributed by atoms with Gasteiger partial charge in [-0.05, 0) is 42.5 Å². The molecule has 2 aliphatic rings. The molecule has 2 heterocycles. The zero-order valence-corrected chi connectivity index (χ0v) is 15.2. The van der Waals surface area contributed by atoms with Gasteiger partial charge in [0, 0.05) is 5.56 Å². The van der Waals surface area contributed by atoms with Gasteiger partial charge in [0.1, 0.15) is 11.8 Å². The third-order valence-corrected chi connectivity index (χ3v) is 5.54. The smallest absolute Gasteiger partial charge is 0.325 e. The first-order chi connectivity index (χ1) is 13.7. The molecule has 6 nitrogen and oxygen atoms in total. The van der Waals surface area contributed by atoms with E-state index in [-0.39, 0.29) is 18.5 Å². The van der Waals surface area contributed by atoms with E-state index in [1.807, 2.05) is 54.6 Å². The summed E-state index contributed by atoms with van der Waals surface area (Å²) in [6.45, 7) is 0.0882. The minimum Gasteiger partial charge on any atom is -0.444 e. The van der Waals surface area contributed by atoms with Gasteiger partial charge in [-0.25, -0.2) is 9.78 Å². The van der Waals surface area contributed by atoms with E-state index >= 15 is 0 Å². The molecular weight excluding hydrogens is 354 g/mol. The topological polar surface area (TPSA) is 75.4 Å². The van der Waals surface area contributed by atoms with E-state index in [9.17, 15) is 9.59 Å². The molecule has 5 rings (SSSR count). The zero-order chi connectivity index (χ0) is 19.1. The second kappa shape index (κ2) is 6.34. The van der Waals surface area contributed by atoms with Gasteiger partial charge >= 0.3 is 6.03 Å². The van der Waals surface area contributed by atoms with Gasteiger partial charge in [-0.3, -0.25) is 9.69 Å². The number of carbonyl (C=O) groups excluding carboxylic acids is 2. The highest BCUT2D eigenvalue weighted by molar-refractivity contribution is 6.07. The summed E-state index contributed by atoms with van der Waals surface area (Å²) in [4.78, 5) is 31.7. The van der Waals surface area contributed by atoms with Gasteiger partial charge < -0.3 is 9.73 Å². The molecule has 1 atom stereocenters. The van der Waals surface area contributed by atoms with Gasteiger partial charge in [-0.15, -0.1) is 0 Å². The first-order valence-corrected chi connectivity index (χ1v) is 9.40. The second-order valence-electron chi connectivity index (χ2n) is 7.25. The van der Waals surface area contributed by atoms with Crippen molar-refractivity contribution in [1.82, 2.24) is 15.2 Å². The number of nitrogens with one attached hydrogen (secondary N) is 1. The van der Waals surface area contributed by atoms with Gasteiger partial charge in [0.05, 0.1) is 12.2 Å². The van der Waals surface area contributed by atoms with Gasteiger partial charge in [0.2, 0.25) is 5.89 Å². The molecular formula is C22H19N3O3. The van der Waals surface area contributed by atoms with Crippen molar-refractivity contribution in [1.29, 1.82) is 0 Å². The number of imide groups is 1. The van der Waals surface area contributed by atoms with E-state index in [0.29, 0.717) is 18.0 Å². The number of aromatic nitrogens is 1. The number of carbonyl (C=O) groups is 2. The molecule has 1 fully saturated rings. The summed E-state index contributed by atoms with van der Waals surface area (Å²) in [5.41, 5.74) is 2.47. The first-order valence-electron chi connectivity index (χ1n) is 9.40. The molecule has 0 radical (unpaired) electrons. The largest absolute Gasteiger partial charge is 0.444 e. The summed E-state index contributed by atoms with van der Waals surface area (Å²) >= 11 is 0. The Bertz CT molecular complexity index is 1060. The number of hydrogen-bond acceptors (Lipinski definition) is 4. The number of fused-ring (bicyclic) bond motifs is 2. The molecule has 1 unspecified atom stereocenters. The van der Waals surface area contributed by atoms with Gasteiger partial charge in [0.15, 0.2) is 0 Å². The van der Waals surface area contributed by atoms with Crippen LogP contribution in [0, 0.1) is 0 Å². The Kier molecular flexibility index (Phi) is 3.79. The van der Waals surface area contributed by atoms with Crippen LogP contribution >= 0.6 is 0 Å². The van der Waals surface area contributed by atoms with E-state index in [0.717, 1.165) is 29.5 Å². The van der Waals surface area contributed by atoms with E-state index < -0.39 is 5.54 Å². The van der Waals surface area contributed by atoms with Gasteiger partial charge in [-0.2, -0.15) is 0 Å². The van der Waals surface area contributed by atoms with Crippen LogP contribution < -0.4 is 5.32 Å². The maximum Gasteiger partial charge on any atom is 0.325 e. The van der Waals surface area contributed by atoms with Crippen molar-refractivity contribution < 1.29 is 14.0 Å². The van der Waals surface area contributed by atoms with E-state index in [1.165, 1.54) is 11.2 Å². The summed E-state index contributed by atoms with van der Waals surface area (Å²) in [6.07, 6.45) is 3.89. The Hall–Kier alpha value is -3.41. The van der Waals surface area contributed by atoms with E-state index in [1.54, 1.807) is 0 Å². The van der Waals surface area contributed by atoms with Crippen LogP contribution in [0.15, 0.2) is 65.3 Å². The van der Waals surface area contributed by atoms with Crippen LogP contribution in [0.2, 0.25) is 0 Å². The molecule has 3 aromatic rings. The van der Waals surface area contributed by atoms with Crippen LogP contribution in [0.5, 0.6) is 0 Å². The van der Waals surface area contributed by atoms with Crippen molar-refractivity contribution in [2.75, 3.05) is 0 Å². The fourth-order valence-electron chi connectivity index (χ4n) is 4.21. The minimum atomic E-state index is -0.960. The number of nitrogens with zero attached hydrogens (tertiary/aromatic N) is 2. The third-order valence-electron chi connectivity index (χ3n) is 5.54. The Balaban J connectivity index is 1.43. The molecule has 1 N–H and O–H groups in total. The second-order valence-corrected chi connectivity index (χ2v) is 7.25. The van der Waals surface area contributed by atoms with Crippen LogP contribution in [0.25, 0.3) is 11.5 Å². The van der Waals surface area contributed by atoms with Crippen molar-refractivity contribution in [2.45, 2.75) is 31.3 Å². The molecule has 140 valence electrons. The highest BCUT2D eigenvalue weighted by Crippen LogP contribution is 2.40. The molecule has 1 aromatic heterocycles. The SMILES string of the molecule is O=C1NC2(CCCc3ccccc32)C(=O)N1Cc1coc(-c2ccccc2)n1. The van der Waals surface area contributed by atoms with Crippen molar-refractivity contribution >= 4 is 11.9 Å². The van der Waals surface area contributed by atoms with E-state index in [4.69, 9.17) is 4.42 Å². The Morgan fingerprint density at radius 3 is 2.71 bits per heavy atom. The van der Waals surface area contributed by atoms with Crippen LogP contribution in [0.1, 0.15) is 29.7 Å². The minimum absolute atomic E-state index is 0.0882. The summed E-state index contributed by atoms with van der Waals surface area (Å²) in [5.74, 6) is 0.259. The molecule has 1 spiro atoms. The predicted octanol–water partition coefficient (Wildman–Crippen LogP) is 3.63. The summed E-state index contributed by atoms with van der Waals surface area (Å²) in [7, 11) is 0.